The lowest BCUT2D eigenvalue weighted by Gasteiger charge is -2.30. The Hall–Kier alpha value is -1.92. The first-order valence-electron chi connectivity index (χ1n) is 13.8. The standard InChI is InChI=1S/C10H18O4.C10H16O3.C10H22/c1-5(2)7(9(11)12)8(6(3)4)10(13)14;1-5(2)7-8(6(3)4)10(12)13-9(7)11;1-8(2)7-10(5,6)9(3)4/h5-8H,1-4H3,(H,11,12)(H,13,14);5-8H,1-4H3;8-9H,7H2,1-6H3. The second-order valence-electron chi connectivity index (χ2n) is 13.2. The van der Waals surface area contributed by atoms with E-state index in [1.54, 1.807) is 27.7 Å². The van der Waals surface area contributed by atoms with Crippen LogP contribution >= 0.6 is 0 Å². The molecular formula is C30H56O7. The molecule has 0 radical (unpaired) electrons. The maximum atomic E-state index is 11.3. The van der Waals surface area contributed by atoms with Gasteiger partial charge in [0.15, 0.2) is 0 Å². The van der Waals surface area contributed by atoms with Crippen LogP contribution in [0.3, 0.4) is 0 Å². The van der Waals surface area contributed by atoms with Gasteiger partial charge in [0.2, 0.25) is 0 Å². The van der Waals surface area contributed by atoms with Gasteiger partial charge < -0.3 is 14.9 Å². The van der Waals surface area contributed by atoms with E-state index < -0.39 is 23.8 Å². The molecule has 7 heteroatoms. The number of esters is 2. The van der Waals surface area contributed by atoms with E-state index in [1.807, 2.05) is 27.7 Å². The van der Waals surface area contributed by atoms with Gasteiger partial charge in [0.1, 0.15) is 0 Å². The SMILES string of the molecule is CC(C)C(C(=O)O)C(C(=O)O)C(C)C.CC(C)C1C(=O)OC(=O)C1C(C)C.CC(C)CC(C)(C)C(C)C. The second-order valence-corrected chi connectivity index (χ2v) is 13.2. The Morgan fingerprint density at radius 3 is 1.14 bits per heavy atom. The van der Waals surface area contributed by atoms with Crippen LogP contribution in [0.1, 0.15) is 103 Å². The maximum Gasteiger partial charge on any atom is 0.317 e. The average molecular weight is 529 g/mol. The third kappa shape index (κ3) is 12.4. The van der Waals surface area contributed by atoms with E-state index in [0.29, 0.717) is 5.41 Å². The van der Waals surface area contributed by atoms with Crippen LogP contribution in [0.15, 0.2) is 0 Å². The highest BCUT2D eigenvalue weighted by Crippen LogP contribution is 2.35. The van der Waals surface area contributed by atoms with Crippen molar-refractivity contribution in [3.63, 3.8) is 0 Å². The van der Waals surface area contributed by atoms with Gasteiger partial charge in [-0.2, -0.15) is 0 Å². The second kappa shape index (κ2) is 16.1. The number of carbonyl (C=O) groups excluding carboxylic acids is 2. The van der Waals surface area contributed by atoms with Crippen LogP contribution in [0.25, 0.3) is 0 Å². The molecule has 0 aliphatic carbocycles. The Morgan fingerprint density at radius 2 is 1.00 bits per heavy atom. The summed E-state index contributed by atoms with van der Waals surface area (Å²) in [5.41, 5.74) is 0.522. The summed E-state index contributed by atoms with van der Waals surface area (Å²) in [6.45, 7) is 28.6. The Labute approximate surface area is 226 Å². The van der Waals surface area contributed by atoms with Crippen molar-refractivity contribution in [2.24, 2.45) is 64.6 Å². The molecule has 0 spiro atoms. The Morgan fingerprint density at radius 1 is 0.703 bits per heavy atom. The van der Waals surface area contributed by atoms with E-state index >= 15 is 0 Å². The van der Waals surface area contributed by atoms with Crippen LogP contribution in [0.4, 0.5) is 0 Å². The molecule has 0 amide bonds. The Bertz CT molecular complexity index is 684. The zero-order valence-electron chi connectivity index (χ0n) is 25.9. The molecule has 1 rings (SSSR count). The molecule has 1 saturated heterocycles. The summed E-state index contributed by atoms with van der Waals surface area (Å²) in [5.74, 6) is -3.23. The van der Waals surface area contributed by atoms with Gasteiger partial charge in [0, 0.05) is 0 Å². The van der Waals surface area contributed by atoms with Crippen molar-refractivity contribution in [3.05, 3.63) is 0 Å². The van der Waals surface area contributed by atoms with Crippen molar-refractivity contribution in [3.8, 4) is 0 Å². The molecule has 1 heterocycles. The lowest BCUT2D eigenvalue weighted by Crippen LogP contribution is -2.36. The maximum absolute atomic E-state index is 11.3. The predicted octanol–water partition coefficient (Wildman–Crippen LogP) is 7.03. The average Bonchev–Trinajstić information content (AvgIpc) is 2.98. The van der Waals surface area contributed by atoms with Gasteiger partial charge in [0.05, 0.1) is 23.7 Å². The summed E-state index contributed by atoms with van der Waals surface area (Å²) in [4.78, 5) is 44.5. The fraction of sp³-hybridized carbons (Fsp3) is 0.867. The molecule has 0 bridgehead atoms. The molecule has 0 aromatic carbocycles. The number of carboxylic acids is 2. The molecule has 0 aromatic rings. The summed E-state index contributed by atoms with van der Waals surface area (Å²) >= 11 is 0. The van der Waals surface area contributed by atoms with Gasteiger partial charge in [-0.25, -0.2) is 0 Å². The van der Waals surface area contributed by atoms with Crippen LogP contribution in [-0.2, 0) is 23.9 Å². The van der Waals surface area contributed by atoms with Gasteiger partial charge in [-0.3, -0.25) is 19.2 Å². The first-order chi connectivity index (χ1) is 16.6. The zero-order chi connectivity index (χ0) is 30.0. The number of carbonyl (C=O) groups is 4. The molecule has 37 heavy (non-hydrogen) atoms. The summed E-state index contributed by atoms with van der Waals surface area (Å²) in [6, 6.07) is 0. The monoisotopic (exact) mass is 528 g/mol. The van der Waals surface area contributed by atoms with Crippen LogP contribution in [0.5, 0.6) is 0 Å². The van der Waals surface area contributed by atoms with E-state index in [2.05, 4.69) is 46.3 Å². The first-order valence-corrected chi connectivity index (χ1v) is 13.8. The lowest BCUT2D eigenvalue weighted by atomic mass is 9.75. The number of cyclic esters (lactones) is 2. The minimum Gasteiger partial charge on any atom is -0.481 e. The molecular weight excluding hydrogens is 472 g/mol. The Balaban J connectivity index is 0. The highest BCUT2D eigenvalue weighted by Gasteiger charge is 2.47. The predicted molar refractivity (Wildman–Crippen MR) is 148 cm³/mol. The molecule has 1 fully saturated rings. The molecule has 7 nitrogen and oxygen atoms in total. The number of carboxylic acid groups (broad SMARTS) is 2. The highest BCUT2D eigenvalue weighted by atomic mass is 16.6. The minimum atomic E-state index is -1.03. The van der Waals surface area contributed by atoms with Gasteiger partial charge in [-0.15, -0.1) is 0 Å². The van der Waals surface area contributed by atoms with E-state index in [9.17, 15) is 19.2 Å². The highest BCUT2D eigenvalue weighted by molar-refractivity contribution is 5.96. The fourth-order valence-electron chi connectivity index (χ4n) is 4.90. The molecule has 4 unspecified atom stereocenters. The zero-order valence-corrected chi connectivity index (χ0v) is 25.9. The van der Waals surface area contributed by atoms with Crippen molar-refractivity contribution in [1.82, 2.24) is 0 Å². The van der Waals surface area contributed by atoms with E-state index in [1.165, 1.54) is 6.42 Å². The van der Waals surface area contributed by atoms with E-state index in [4.69, 9.17) is 10.2 Å². The number of rotatable bonds is 10. The quantitative estimate of drug-likeness (QED) is 0.231. The molecule has 1 aliphatic heterocycles. The molecule has 4 atom stereocenters. The topological polar surface area (TPSA) is 118 Å². The molecule has 2 N–H and O–H groups in total. The summed E-state index contributed by atoms with van der Waals surface area (Å²) in [5, 5.41) is 17.9. The lowest BCUT2D eigenvalue weighted by molar-refractivity contribution is -0.157. The van der Waals surface area contributed by atoms with Crippen LogP contribution in [0.2, 0.25) is 0 Å². The van der Waals surface area contributed by atoms with Crippen molar-refractivity contribution < 1.29 is 34.1 Å². The largest absolute Gasteiger partial charge is 0.481 e. The first kappa shape index (κ1) is 37.2. The van der Waals surface area contributed by atoms with Crippen molar-refractivity contribution in [1.29, 1.82) is 0 Å². The summed E-state index contributed by atoms with van der Waals surface area (Å²) < 4.78 is 4.63. The van der Waals surface area contributed by atoms with Crippen molar-refractivity contribution in [2.45, 2.75) is 103 Å². The number of ether oxygens (including phenoxy) is 1. The van der Waals surface area contributed by atoms with Crippen LogP contribution in [-0.4, -0.2) is 34.1 Å². The van der Waals surface area contributed by atoms with Crippen molar-refractivity contribution in [2.75, 3.05) is 0 Å². The number of aliphatic carboxylic acids is 2. The van der Waals surface area contributed by atoms with Crippen LogP contribution < -0.4 is 0 Å². The number of hydrogen-bond acceptors (Lipinski definition) is 5. The van der Waals surface area contributed by atoms with Gasteiger partial charge in [-0.05, 0) is 47.3 Å². The fourth-order valence-corrected chi connectivity index (χ4v) is 4.90. The molecule has 1 aliphatic rings. The number of hydrogen-bond donors (Lipinski definition) is 2. The van der Waals surface area contributed by atoms with Gasteiger partial charge in [-0.1, -0.05) is 96.9 Å². The summed E-state index contributed by atoms with van der Waals surface area (Å²) in [7, 11) is 0. The van der Waals surface area contributed by atoms with Gasteiger partial charge in [0.25, 0.3) is 0 Å². The summed E-state index contributed by atoms with van der Waals surface area (Å²) in [6.07, 6.45) is 1.34. The third-order valence-electron chi connectivity index (χ3n) is 7.46. The molecule has 0 aromatic heterocycles. The third-order valence-corrected chi connectivity index (χ3v) is 7.46. The van der Waals surface area contributed by atoms with E-state index in [0.717, 1.165) is 11.8 Å². The Kier molecular flexibility index (Phi) is 16.2. The molecule has 0 saturated carbocycles. The van der Waals surface area contributed by atoms with Crippen LogP contribution in [0, 0.1) is 64.6 Å². The van der Waals surface area contributed by atoms with E-state index in [-0.39, 0.29) is 47.4 Å². The normalized spacial score (nSPS) is 19.6. The van der Waals surface area contributed by atoms with Crippen molar-refractivity contribution >= 4 is 23.9 Å². The minimum absolute atomic E-state index is 0.170. The molecule has 218 valence electrons. The smallest absolute Gasteiger partial charge is 0.317 e. The van der Waals surface area contributed by atoms with Gasteiger partial charge >= 0.3 is 23.9 Å².